The lowest BCUT2D eigenvalue weighted by molar-refractivity contribution is 0.102. The van der Waals surface area contributed by atoms with Crippen LogP contribution in [0, 0.1) is 0 Å². The molecule has 0 saturated heterocycles. The monoisotopic (exact) mass is 379 g/mol. The van der Waals surface area contributed by atoms with E-state index in [1.807, 2.05) is 6.26 Å². The summed E-state index contributed by atoms with van der Waals surface area (Å²) in [4.78, 5) is 16.8. The number of hydrogen-bond acceptors (Lipinski definition) is 5. The first kappa shape index (κ1) is 19.4. The van der Waals surface area contributed by atoms with Crippen molar-refractivity contribution in [3.63, 3.8) is 0 Å². The lowest BCUT2D eigenvalue weighted by Gasteiger charge is -2.19. The molecular formula is C17H21N3O3S2. The van der Waals surface area contributed by atoms with Gasteiger partial charge in [0.2, 0.25) is 10.0 Å². The van der Waals surface area contributed by atoms with Gasteiger partial charge < -0.3 is 5.32 Å². The van der Waals surface area contributed by atoms with Crippen LogP contribution in [0.15, 0.2) is 52.5 Å². The quantitative estimate of drug-likeness (QED) is 0.748. The number of hydrogen-bond donors (Lipinski definition) is 1. The van der Waals surface area contributed by atoms with Gasteiger partial charge >= 0.3 is 0 Å². The lowest BCUT2D eigenvalue weighted by atomic mass is 10.2. The summed E-state index contributed by atoms with van der Waals surface area (Å²) in [5.74, 6) is -0.324. The molecule has 1 N–H and O–H groups in total. The number of benzene rings is 1. The van der Waals surface area contributed by atoms with Crippen molar-refractivity contribution in [2.75, 3.05) is 24.7 Å². The number of nitrogens with zero attached hydrogens (tertiary/aromatic N) is 2. The second kappa shape index (κ2) is 8.46. The number of rotatable bonds is 7. The highest BCUT2D eigenvalue weighted by atomic mass is 32.2. The van der Waals surface area contributed by atoms with Crippen molar-refractivity contribution >= 4 is 33.4 Å². The smallest absolute Gasteiger partial charge is 0.258 e. The van der Waals surface area contributed by atoms with Crippen LogP contribution in [0.1, 0.15) is 24.2 Å². The summed E-state index contributed by atoms with van der Waals surface area (Å²) in [5, 5.41) is 3.36. The molecule has 0 radical (unpaired) electrons. The SMILES string of the molecule is CCN(CC)S(=O)(=O)c1cccc(NC(=O)c2cccnc2SC)c1. The molecule has 0 bridgehead atoms. The molecule has 1 heterocycles. The fourth-order valence-electron chi connectivity index (χ4n) is 2.37. The summed E-state index contributed by atoms with van der Waals surface area (Å²) in [6.07, 6.45) is 3.47. The van der Waals surface area contributed by atoms with Crippen molar-refractivity contribution < 1.29 is 13.2 Å². The van der Waals surface area contributed by atoms with Gasteiger partial charge in [-0.25, -0.2) is 13.4 Å². The number of pyridine rings is 1. The Hall–Kier alpha value is -1.90. The van der Waals surface area contributed by atoms with E-state index >= 15 is 0 Å². The zero-order chi connectivity index (χ0) is 18.4. The van der Waals surface area contributed by atoms with E-state index in [2.05, 4.69) is 10.3 Å². The Bertz CT molecular complexity index is 850. The molecule has 0 aliphatic carbocycles. The number of aromatic nitrogens is 1. The molecule has 0 atom stereocenters. The van der Waals surface area contributed by atoms with Gasteiger partial charge in [0.1, 0.15) is 5.03 Å². The summed E-state index contributed by atoms with van der Waals surface area (Å²) in [5.41, 5.74) is 0.876. The fourth-order valence-corrected chi connectivity index (χ4v) is 4.42. The Morgan fingerprint density at radius 3 is 2.56 bits per heavy atom. The van der Waals surface area contributed by atoms with Crippen LogP contribution in [0.4, 0.5) is 5.69 Å². The normalized spacial score (nSPS) is 11.5. The summed E-state index contributed by atoms with van der Waals surface area (Å²) in [6, 6.07) is 9.65. The topological polar surface area (TPSA) is 79.4 Å². The van der Waals surface area contributed by atoms with Crippen molar-refractivity contribution in [2.24, 2.45) is 0 Å². The summed E-state index contributed by atoms with van der Waals surface area (Å²) >= 11 is 1.38. The lowest BCUT2D eigenvalue weighted by Crippen LogP contribution is -2.30. The first-order chi connectivity index (χ1) is 11.9. The number of nitrogens with one attached hydrogen (secondary N) is 1. The highest BCUT2D eigenvalue weighted by Crippen LogP contribution is 2.22. The van der Waals surface area contributed by atoms with Gasteiger partial charge in [-0.15, -0.1) is 11.8 Å². The van der Waals surface area contributed by atoms with Crippen LogP contribution in [-0.4, -0.2) is 43.0 Å². The minimum atomic E-state index is -3.57. The molecule has 0 unspecified atom stereocenters. The Morgan fingerprint density at radius 2 is 1.92 bits per heavy atom. The van der Waals surface area contributed by atoms with Crippen LogP contribution in [-0.2, 0) is 10.0 Å². The zero-order valence-electron chi connectivity index (χ0n) is 14.4. The molecule has 0 aliphatic rings. The van der Waals surface area contributed by atoms with Gasteiger partial charge in [-0.05, 0) is 36.6 Å². The average molecular weight is 380 g/mol. The Balaban J connectivity index is 2.29. The van der Waals surface area contributed by atoms with Crippen LogP contribution < -0.4 is 5.32 Å². The third kappa shape index (κ3) is 4.39. The Labute approximate surface area is 152 Å². The van der Waals surface area contributed by atoms with E-state index in [4.69, 9.17) is 0 Å². The molecule has 134 valence electrons. The summed E-state index contributed by atoms with van der Waals surface area (Å²) in [7, 11) is -3.57. The molecule has 2 rings (SSSR count). The molecule has 1 amide bonds. The highest BCUT2D eigenvalue weighted by Gasteiger charge is 2.22. The molecule has 0 aliphatic heterocycles. The number of thioether (sulfide) groups is 1. The van der Waals surface area contributed by atoms with Gasteiger partial charge in [0, 0.05) is 25.0 Å². The maximum absolute atomic E-state index is 12.6. The molecule has 1 aromatic carbocycles. The molecule has 2 aromatic rings. The largest absolute Gasteiger partial charge is 0.322 e. The van der Waals surface area contributed by atoms with Crippen molar-refractivity contribution in [1.82, 2.24) is 9.29 Å². The Morgan fingerprint density at radius 1 is 1.20 bits per heavy atom. The molecule has 0 saturated carbocycles. The van der Waals surface area contributed by atoms with Crippen molar-refractivity contribution in [3.8, 4) is 0 Å². The van der Waals surface area contributed by atoms with Crippen molar-refractivity contribution in [3.05, 3.63) is 48.2 Å². The number of carbonyl (C=O) groups excluding carboxylic acids is 1. The van der Waals surface area contributed by atoms with Crippen LogP contribution >= 0.6 is 11.8 Å². The fraction of sp³-hybridized carbons (Fsp3) is 0.294. The maximum atomic E-state index is 12.6. The predicted octanol–water partition coefficient (Wildman–Crippen LogP) is 3.09. The average Bonchev–Trinajstić information content (AvgIpc) is 2.62. The van der Waals surface area contributed by atoms with Gasteiger partial charge in [-0.1, -0.05) is 19.9 Å². The van der Waals surface area contributed by atoms with Gasteiger partial charge in [-0.2, -0.15) is 4.31 Å². The van der Waals surface area contributed by atoms with Gasteiger partial charge in [0.25, 0.3) is 5.91 Å². The van der Waals surface area contributed by atoms with Crippen molar-refractivity contribution in [2.45, 2.75) is 23.8 Å². The summed E-state index contributed by atoms with van der Waals surface area (Å²) < 4.78 is 26.6. The van der Waals surface area contributed by atoms with Crippen molar-refractivity contribution in [1.29, 1.82) is 0 Å². The number of anilines is 1. The molecule has 1 aromatic heterocycles. The predicted molar refractivity (Wildman–Crippen MR) is 101 cm³/mol. The first-order valence-corrected chi connectivity index (χ1v) is 10.5. The summed E-state index contributed by atoms with van der Waals surface area (Å²) in [6.45, 7) is 4.36. The standard InChI is InChI=1S/C17H21N3O3S2/c1-4-20(5-2)25(22,23)14-9-6-8-13(12-14)19-16(21)15-10-7-11-18-17(15)24-3/h6-12H,4-5H2,1-3H3,(H,19,21). The van der Waals surface area contributed by atoms with E-state index < -0.39 is 10.0 Å². The number of carbonyl (C=O) groups is 1. The first-order valence-electron chi connectivity index (χ1n) is 7.84. The molecule has 6 nitrogen and oxygen atoms in total. The van der Waals surface area contributed by atoms with E-state index in [1.54, 1.807) is 44.3 Å². The number of sulfonamides is 1. The van der Waals surface area contributed by atoms with Crippen LogP contribution in [0.25, 0.3) is 0 Å². The van der Waals surface area contributed by atoms with Gasteiger partial charge in [-0.3, -0.25) is 4.79 Å². The molecule has 8 heteroatoms. The Kier molecular flexibility index (Phi) is 6.57. The van der Waals surface area contributed by atoms with E-state index in [0.29, 0.717) is 29.4 Å². The van der Waals surface area contributed by atoms with Gasteiger partial charge in [0.05, 0.1) is 10.5 Å². The maximum Gasteiger partial charge on any atom is 0.258 e. The van der Waals surface area contributed by atoms with Crippen LogP contribution in [0.5, 0.6) is 0 Å². The van der Waals surface area contributed by atoms with E-state index in [-0.39, 0.29) is 10.8 Å². The minimum absolute atomic E-state index is 0.158. The van der Waals surface area contributed by atoms with Gasteiger partial charge in [0.15, 0.2) is 0 Å². The van der Waals surface area contributed by atoms with E-state index in [1.165, 1.54) is 28.2 Å². The number of amides is 1. The third-order valence-electron chi connectivity index (χ3n) is 3.64. The molecule has 0 fully saturated rings. The second-order valence-corrected chi connectivity index (χ2v) is 7.86. The van der Waals surface area contributed by atoms with Crippen LogP contribution in [0.2, 0.25) is 0 Å². The third-order valence-corrected chi connectivity index (χ3v) is 6.40. The molecular weight excluding hydrogens is 358 g/mol. The second-order valence-electron chi connectivity index (χ2n) is 5.13. The minimum Gasteiger partial charge on any atom is -0.322 e. The molecule has 25 heavy (non-hydrogen) atoms. The highest BCUT2D eigenvalue weighted by molar-refractivity contribution is 7.98. The van der Waals surface area contributed by atoms with Crippen LogP contribution in [0.3, 0.4) is 0 Å². The molecule has 0 spiro atoms. The van der Waals surface area contributed by atoms with E-state index in [0.717, 1.165) is 0 Å². The van der Waals surface area contributed by atoms with E-state index in [9.17, 15) is 13.2 Å². The zero-order valence-corrected chi connectivity index (χ0v) is 16.0.